The number of benzene rings is 1. The molecule has 2 rings (SSSR count). The van der Waals surface area contributed by atoms with Gasteiger partial charge < -0.3 is 19.7 Å². The van der Waals surface area contributed by atoms with Gasteiger partial charge in [0.05, 0.1) is 19.6 Å². The topological polar surface area (TPSA) is 63.2 Å². The SMILES string of the molecule is CCNC(=NCCCOc1ccccc1)N1CCC(C(=O)OC)CC1.I. The number of halogens is 1. The Labute approximate surface area is 173 Å². The van der Waals surface area contributed by atoms with Crippen LogP contribution < -0.4 is 10.1 Å². The summed E-state index contributed by atoms with van der Waals surface area (Å²) in [5, 5.41) is 3.34. The molecule has 0 aliphatic carbocycles. The molecular formula is C19H30IN3O3. The molecule has 26 heavy (non-hydrogen) atoms. The van der Waals surface area contributed by atoms with Gasteiger partial charge in [0.15, 0.2) is 5.96 Å². The van der Waals surface area contributed by atoms with Gasteiger partial charge in [0.2, 0.25) is 0 Å². The Kier molecular flexibility index (Phi) is 11.1. The number of hydrogen-bond donors (Lipinski definition) is 1. The molecule has 1 aliphatic rings. The molecule has 0 bridgehead atoms. The van der Waals surface area contributed by atoms with E-state index in [9.17, 15) is 4.79 Å². The molecule has 0 unspecified atom stereocenters. The second kappa shape index (κ2) is 12.8. The highest BCUT2D eigenvalue weighted by Gasteiger charge is 2.26. The number of para-hydroxylation sites is 1. The molecule has 0 atom stereocenters. The Morgan fingerprint density at radius 1 is 1.27 bits per heavy atom. The number of piperidine rings is 1. The van der Waals surface area contributed by atoms with Crippen LogP contribution in [0.3, 0.4) is 0 Å². The Hall–Kier alpha value is -1.51. The number of hydrogen-bond acceptors (Lipinski definition) is 4. The number of ether oxygens (including phenoxy) is 2. The fourth-order valence-electron chi connectivity index (χ4n) is 2.88. The van der Waals surface area contributed by atoms with E-state index >= 15 is 0 Å². The third kappa shape index (κ3) is 7.39. The molecule has 0 spiro atoms. The smallest absolute Gasteiger partial charge is 0.308 e. The van der Waals surface area contributed by atoms with Crippen molar-refractivity contribution in [2.24, 2.45) is 10.9 Å². The van der Waals surface area contributed by atoms with Crippen LogP contribution in [-0.4, -0.2) is 56.7 Å². The van der Waals surface area contributed by atoms with Gasteiger partial charge in [-0.15, -0.1) is 24.0 Å². The van der Waals surface area contributed by atoms with E-state index in [1.165, 1.54) is 7.11 Å². The maximum Gasteiger partial charge on any atom is 0.308 e. The molecular weight excluding hydrogens is 445 g/mol. The zero-order chi connectivity index (χ0) is 17.9. The molecule has 1 heterocycles. The average Bonchev–Trinajstić information content (AvgIpc) is 2.67. The van der Waals surface area contributed by atoms with Gasteiger partial charge in [0.25, 0.3) is 0 Å². The Bertz CT molecular complexity index is 546. The average molecular weight is 475 g/mol. The van der Waals surface area contributed by atoms with Crippen molar-refractivity contribution in [1.82, 2.24) is 10.2 Å². The number of esters is 1. The third-order valence-electron chi connectivity index (χ3n) is 4.24. The minimum absolute atomic E-state index is 0. The zero-order valence-corrected chi connectivity index (χ0v) is 18.0. The molecule has 0 saturated carbocycles. The molecule has 6 nitrogen and oxygen atoms in total. The lowest BCUT2D eigenvalue weighted by Gasteiger charge is -2.33. The minimum Gasteiger partial charge on any atom is -0.494 e. The van der Waals surface area contributed by atoms with Crippen LogP contribution in [0.5, 0.6) is 5.75 Å². The van der Waals surface area contributed by atoms with Gasteiger partial charge >= 0.3 is 5.97 Å². The van der Waals surface area contributed by atoms with E-state index in [-0.39, 0.29) is 35.9 Å². The van der Waals surface area contributed by atoms with Crippen molar-refractivity contribution in [2.45, 2.75) is 26.2 Å². The van der Waals surface area contributed by atoms with Gasteiger partial charge in [-0.1, -0.05) is 18.2 Å². The highest BCUT2D eigenvalue weighted by atomic mass is 127. The van der Waals surface area contributed by atoms with Gasteiger partial charge in [-0.25, -0.2) is 0 Å². The number of rotatable bonds is 7. The number of likely N-dealkylation sites (tertiary alicyclic amines) is 1. The lowest BCUT2D eigenvalue weighted by Crippen LogP contribution is -2.46. The number of nitrogens with one attached hydrogen (secondary N) is 1. The molecule has 1 aromatic carbocycles. The van der Waals surface area contributed by atoms with Crippen molar-refractivity contribution in [1.29, 1.82) is 0 Å². The molecule has 1 fully saturated rings. The van der Waals surface area contributed by atoms with E-state index in [0.29, 0.717) is 13.2 Å². The first-order chi connectivity index (χ1) is 12.2. The van der Waals surface area contributed by atoms with Crippen LogP contribution in [-0.2, 0) is 9.53 Å². The summed E-state index contributed by atoms with van der Waals surface area (Å²) in [7, 11) is 1.46. The van der Waals surface area contributed by atoms with Crippen LogP contribution >= 0.6 is 24.0 Å². The standard InChI is InChI=1S/C19H29N3O3.HI/c1-3-20-19(22-13-10-16(11-14-22)18(23)24-2)21-12-7-15-25-17-8-5-4-6-9-17;/h4-6,8-9,16H,3,7,10-15H2,1-2H3,(H,20,21);1H. The molecule has 1 aromatic rings. The monoisotopic (exact) mass is 475 g/mol. The van der Waals surface area contributed by atoms with E-state index in [1.54, 1.807) is 0 Å². The molecule has 1 saturated heterocycles. The number of carbonyl (C=O) groups is 1. The Morgan fingerprint density at radius 2 is 1.96 bits per heavy atom. The molecule has 1 N–H and O–H groups in total. The predicted octanol–water partition coefficient (Wildman–Crippen LogP) is 2.92. The highest BCUT2D eigenvalue weighted by molar-refractivity contribution is 14.0. The molecule has 0 aromatic heterocycles. The summed E-state index contributed by atoms with van der Waals surface area (Å²) in [5.41, 5.74) is 0. The van der Waals surface area contributed by atoms with Gasteiger partial charge in [0, 0.05) is 32.6 Å². The normalized spacial score (nSPS) is 15.2. The molecule has 146 valence electrons. The summed E-state index contributed by atoms with van der Waals surface area (Å²) >= 11 is 0. The maximum atomic E-state index is 11.6. The van der Waals surface area contributed by atoms with Crippen molar-refractivity contribution in [3.05, 3.63) is 30.3 Å². The van der Waals surface area contributed by atoms with Gasteiger partial charge in [0.1, 0.15) is 5.75 Å². The van der Waals surface area contributed by atoms with Crippen LogP contribution in [0.1, 0.15) is 26.2 Å². The fourth-order valence-corrected chi connectivity index (χ4v) is 2.88. The van der Waals surface area contributed by atoms with Crippen LogP contribution in [0.4, 0.5) is 0 Å². The summed E-state index contributed by atoms with van der Waals surface area (Å²) in [6, 6.07) is 9.82. The number of guanidine groups is 1. The predicted molar refractivity (Wildman–Crippen MR) is 114 cm³/mol. The fraction of sp³-hybridized carbons (Fsp3) is 0.579. The van der Waals surface area contributed by atoms with Crippen molar-refractivity contribution in [2.75, 3.05) is 39.9 Å². The Morgan fingerprint density at radius 3 is 2.58 bits per heavy atom. The highest BCUT2D eigenvalue weighted by Crippen LogP contribution is 2.18. The first-order valence-electron chi connectivity index (χ1n) is 9.03. The summed E-state index contributed by atoms with van der Waals surface area (Å²) in [4.78, 5) is 18.5. The van der Waals surface area contributed by atoms with Crippen molar-refractivity contribution < 1.29 is 14.3 Å². The number of aliphatic imine (C=N–C) groups is 1. The Balaban J connectivity index is 0.00000338. The molecule has 0 radical (unpaired) electrons. The lowest BCUT2D eigenvalue weighted by molar-refractivity contribution is -0.146. The van der Waals surface area contributed by atoms with Gasteiger partial charge in [-0.05, 0) is 31.9 Å². The lowest BCUT2D eigenvalue weighted by atomic mass is 9.97. The molecule has 1 aliphatic heterocycles. The number of carbonyl (C=O) groups excluding carboxylic acids is 1. The van der Waals surface area contributed by atoms with Gasteiger partial charge in [-0.2, -0.15) is 0 Å². The summed E-state index contributed by atoms with van der Waals surface area (Å²) in [6.45, 7) is 5.91. The van der Waals surface area contributed by atoms with Gasteiger partial charge in [-0.3, -0.25) is 9.79 Å². The third-order valence-corrected chi connectivity index (χ3v) is 4.24. The number of methoxy groups -OCH3 is 1. The molecule has 7 heteroatoms. The van der Waals surface area contributed by atoms with Crippen LogP contribution in [0, 0.1) is 5.92 Å². The van der Waals surface area contributed by atoms with E-state index in [0.717, 1.165) is 50.6 Å². The summed E-state index contributed by atoms with van der Waals surface area (Å²) in [5.74, 6) is 1.73. The molecule has 0 amide bonds. The zero-order valence-electron chi connectivity index (χ0n) is 15.6. The van der Waals surface area contributed by atoms with E-state index < -0.39 is 0 Å². The van der Waals surface area contributed by atoms with E-state index in [2.05, 4.69) is 17.1 Å². The van der Waals surface area contributed by atoms with Crippen LogP contribution in [0.2, 0.25) is 0 Å². The van der Waals surface area contributed by atoms with Crippen LogP contribution in [0.15, 0.2) is 35.3 Å². The second-order valence-electron chi connectivity index (χ2n) is 6.04. The minimum atomic E-state index is -0.0975. The first-order valence-corrected chi connectivity index (χ1v) is 9.03. The van der Waals surface area contributed by atoms with Crippen molar-refractivity contribution >= 4 is 35.9 Å². The largest absolute Gasteiger partial charge is 0.494 e. The van der Waals surface area contributed by atoms with Crippen molar-refractivity contribution in [3.8, 4) is 5.75 Å². The van der Waals surface area contributed by atoms with E-state index in [1.807, 2.05) is 30.3 Å². The number of nitrogens with zero attached hydrogens (tertiary/aromatic N) is 2. The maximum absolute atomic E-state index is 11.6. The second-order valence-corrected chi connectivity index (χ2v) is 6.04. The summed E-state index contributed by atoms with van der Waals surface area (Å²) in [6.07, 6.45) is 2.49. The van der Waals surface area contributed by atoms with Crippen LogP contribution in [0.25, 0.3) is 0 Å². The first kappa shape index (κ1) is 22.5. The summed E-state index contributed by atoms with van der Waals surface area (Å²) < 4.78 is 10.5. The van der Waals surface area contributed by atoms with E-state index in [4.69, 9.17) is 14.5 Å². The van der Waals surface area contributed by atoms with Crippen molar-refractivity contribution in [3.63, 3.8) is 0 Å². The quantitative estimate of drug-likeness (QED) is 0.216.